The number of ether oxygens (including phenoxy) is 2. The van der Waals surface area contributed by atoms with Crippen molar-refractivity contribution in [2.45, 2.75) is 20.3 Å². The Labute approximate surface area is 135 Å². The molecule has 0 aliphatic carbocycles. The molecule has 0 amide bonds. The quantitative estimate of drug-likeness (QED) is 0.259. The van der Waals surface area contributed by atoms with Gasteiger partial charge in [-0.25, -0.2) is 0 Å². The molecular weight excluding hydrogens is 358 g/mol. The van der Waals surface area contributed by atoms with Gasteiger partial charge in [-0.1, -0.05) is 15.9 Å². The number of nitro groups is 1. The summed E-state index contributed by atoms with van der Waals surface area (Å²) in [5.41, 5.74) is 2.59. The molecule has 22 heavy (non-hydrogen) atoms. The number of hydrogen-bond acceptors (Lipinski definition) is 7. The lowest BCUT2D eigenvalue weighted by Crippen LogP contribution is -2.15. The van der Waals surface area contributed by atoms with Gasteiger partial charge in [0.2, 0.25) is 5.90 Å². The van der Waals surface area contributed by atoms with Crippen molar-refractivity contribution in [2.75, 3.05) is 18.6 Å². The monoisotopic (exact) mass is 373 g/mol. The number of nitrogens with one attached hydrogen (secondary N) is 1. The number of rotatable bonds is 7. The van der Waals surface area contributed by atoms with Gasteiger partial charge in [-0.05, 0) is 26.0 Å². The number of carbonyl (C=O) groups excluding carboxylic acids is 1. The molecule has 1 rings (SSSR count). The van der Waals surface area contributed by atoms with Crippen LogP contribution in [0.2, 0.25) is 0 Å². The van der Waals surface area contributed by atoms with Crippen molar-refractivity contribution in [3.8, 4) is 0 Å². The highest BCUT2D eigenvalue weighted by atomic mass is 79.9. The maximum Gasteiger partial charge on any atom is 0.315 e. The number of nitrogens with zero attached hydrogens (tertiary/aromatic N) is 2. The summed E-state index contributed by atoms with van der Waals surface area (Å²) < 4.78 is 10.6. The number of anilines is 1. The molecule has 0 aromatic heterocycles. The summed E-state index contributed by atoms with van der Waals surface area (Å²) in [4.78, 5) is 21.9. The number of hydrazone groups is 1. The van der Waals surface area contributed by atoms with Gasteiger partial charge in [0, 0.05) is 10.5 Å². The SMILES string of the molecule is CCOC(=O)C/C(=N/Nc1ccc(Br)cc1[N+](=O)[O-])OCC. The Kier molecular flexibility index (Phi) is 7.30. The highest BCUT2D eigenvalue weighted by Crippen LogP contribution is 2.27. The van der Waals surface area contributed by atoms with E-state index in [-0.39, 0.29) is 30.3 Å². The molecule has 1 aromatic carbocycles. The molecule has 1 N–H and O–H groups in total. The van der Waals surface area contributed by atoms with Crippen LogP contribution >= 0.6 is 15.9 Å². The summed E-state index contributed by atoms with van der Waals surface area (Å²) in [6.07, 6.45) is -0.154. The topological polar surface area (TPSA) is 103 Å². The second-order valence-corrected chi connectivity index (χ2v) is 4.87. The smallest absolute Gasteiger partial charge is 0.315 e. The van der Waals surface area contributed by atoms with Gasteiger partial charge in [-0.2, -0.15) is 0 Å². The standard InChI is InChI=1S/C13H16BrN3O5/c1-3-21-12(8-13(18)22-4-2)16-15-10-6-5-9(14)7-11(10)17(19)20/h5-7,15H,3-4,8H2,1-2H3/b16-12-. The number of benzene rings is 1. The Morgan fingerprint density at radius 1 is 1.36 bits per heavy atom. The molecule has 0 saturated heterocycles. The number of esters is 1. The minimum Gasteiger partial charge on any atom is -0.480 e. The lowest BCUT2D eigenvalue weighted by molar-refractivity contribution is -0.384. The zero-order valence-corrected chi connectivity index (χ0v) is 13.8. The average molecular weight is 374 g/mol. The molecule has 0 aliphatic heterocycles. The molecule has 0 aliphatic rings. The van der Waals surface area contributed by atoms with E-state index in [1.807, 2.05) is 0 Å². The summed E-state index contributed by atoms with van der Waals surface area (Å²) >= 11 is 3.17. The van der Waals surface area contributed by atoms with Gasteiger partial charge in [0.1, 0.15) is 12.1 Å². The molecule has 0 unspecified atom stereocenters. The van der Waals surface area contributed by atoms with E-state index in [0.29, 0.717) is 11.1 Å². The predicted molar refractivity (Wildman–Crippen MR) is 84.7 cm³/mol. The van der Waals surface area contributed by atoms with Crippen LogP contribution in [0, 0.1) is 10.1 Å². The van der Waals surface area contributed by atoms with Crippen molar-refractivity contribution < 1.29 is 19.2 Å². The predicted octanol–water partition coefficient (Wildman–Crippen LogP) is 3.07. The van der Waals surface area contributed by atoms with Crippen LogP contribution in [-0.2, 0) is 14.3 Å². The van der Waals surface area contributed by atoms with Crippen molar-refractivity contribution in [3.63, 3.8) is 0 Å². The van der Waals surface area contributed by atoms with Gasteiger partial charge in [-0.15, -0.1) is 5.10 Å². The van der Waals surface area contributed by atoms with E-state index in [1.165, 1.54) is 12.1 Å². The van der Waals surface area contributed by atoms with E-state index in [0.717, 1.165) is 0 Å². The number of nitro benzene ring substituents is 1. The average Bonchev–Trinajstić information content (AvgIpc) is 2.46. The lowest BCUT2D eigenvalue weighted by atomic mass is 10.3. The molecule has 0 fully saturated rings. The maximum absolute atomic E-state index is 11.4. The van der Waals surface area contributed by atoms with Crippen molar-refractivity contribution in [2.24, 2.45) is 5.10 Å². The van der Waals surface area contributed by atoms with E-state index in [2.05, 4.69) is 26.5 Å². The second-order valence-electron chi connectivity index (χ2n) is 3.95. The summed E-state index contributed by atoms with van der Waals surface area (Å²) in [6.45, 7) is 3.99. The molecule has 120 valence electrons. The van der Waals surface area contributed by atoms with Gasteiger partial charge in [0.05, 0.1) is 18.1 Å². The molecule has 9 heteroatoms. The van der Waals surface area contributed by atoms with Crippen LogP contribution in [0.1, 0.15) is 20.3 Å². The first-order valence-corrected chi connectivity index (χ1v) is 7.32. The number of hydrogen-bond donors (Lipinski definition) is 1. The second kappa shape index (κ2) is 8.98. The van der Waals surface area contributed by atoms with E-state index >= 15 is 0 Å². The molecule has 0 saturated carbocycles. The first kappa shape index (κ1) is 17.9. The molecule has 1 aromatic rings. The molecule has 0 heterocycles. The highest BCUT2D eigenvalue weighted by Gasteiger charge is 2.15. The molecule has 0 atom stereocenters. The van der Waals surface area contributed by atoms with Crippen molar-refractivity contribution in [1.29, 1.82) is 0 Å². The van der Waals surface area contributed by atoms with E-state index in [1.54, 1.807) is 19.9 Å². The van der Waals surface area contributed by atoms with Crippen LogP contribution < -0.4 is 5.43 Å². The first-order chi connectivity index (χ1) is 10.5. The van der Waals surface area contributed by atoms with Crippen molar-refractivity contribution in [3.05, 3.63) is 32.8 Å². The maximum atomic E-state index is 11.4. The first-order valence-electron chi connectivity index (χ1n) is 6.52. The Morgan fingerprint density at radius 2 is 2.05 bits per heavy atom. The third kappa shape index (κ3) is 5.68. The summed E-state index contributed by atoms with van der Waals surface area (Å²) in [6, 6.07) is 4.49. The minimum absolute atomic E-state index is 0.0955. The van der Waals surface area contributed by atoms with Crippen molar-refractivity contribution >= 4 is 39.2 Å². The van der Waals surface area contributed by atoms with E-state index in [4.69, 9.17) is 9.47 Å². The molecule has 0 bridgehead atoms. The number of carbonyl (C=O) groups is 1. The van der Waals surface area contributed by atoms with Crippen LogP contribution in [0.25, 0.3) is 0 Å². The van der Waals surface area contributed by atoms with E-state index < -0.39 is 10.9 Å². The molecular formula is C13H16BrN3O5. The molecule has 0 radical (unpaired) electrons. The largest absolute Gasteiger partial charge is 0.480 e. The molecule has 0 spiro atoms. The van der Waals surface area contributed by atoms with Crippen LogP contribution in [0.15, 0.2) is 27.8 Å². The van der Waals surface area contributed by atoms with Gasteiger partial charge < -0.3 is 9.47 Å². The third-order valence-electron chi connectivity index (χ3n) is 2.37. The van der Waals surface area contributed by atoms with Crippen LogP contribution in [0.5, 0.6) is 0 Å². The van der Waals surface area contributed by atoms with Gasteiger partial charge in [-0.3, -0.25) is 20.3 Å². The molecule has 8 nitrogen and oxygen atoms in total. The fourth-order valence-corrected chi connectivity index (χ4v) is 1.85. The Balaban J connectivity index is 2.90. The zero-order chi connectivity index (χ0) is 16.5. The van der Waals surface area contributed by atoms with Crippen LogP contribution in [0.3, 0.4) is 0 Å². The zero-order valence-electron chi connectivity index (χ0n) is 12.2. The normalized spacial score (nSPS) is 11.0. The lowest BCUT2D eigenvalue weighted by Gasteiger charge is -2.08. The summed E-state index contributed by atoms with van der Waals surface area (Å²) in [7, 11) is 0. The summed E-state index contributed by atoms with van der Waals surface area (Å²) in [5.74, 6) is -0.389. The Morgan fingerprint density at radius 3 is 2.64 bits per heavy atom. The fraction of sp³-hybridized carbons (Fsp3) is 0.385. The summed E-state index contributed by atoms with van der Waals surface area (Å²) in [5, 5.41) is 14.9. The minimum atomic E-state index is -0.533. The van der Waals surface area contributed by atoms with Gasteiger partial charge in [0.15, 0.2) is 0 Å². The Bertz CT molecular complexity index is 577. The van der Waals surface area contributed by atoms with Gasteiger partial charge >= 0.3 is 5.97 Å². The third-order valence-corrected chi connectivity index (χ3v) is 2.86. The van der Waals surface area contributed by atoms with Gasteiger partial charge in [0.25, 0.3) is 5.69 Å². The number of halogens is 1. The fourth-order valence-electron chi connectivity index (χ4n) is 1.50. The van der Waals surface area contributed by atoms with Crippen LogP contribution in [-0.4, -0.2) is 30.0 Å². The van der Waals surface area contributed by atoms with Crippen molar-refractivity contribution in [1.82, 2.24) is 0 Å². The Hall–Kier alpha value is -2.16. The highest BCUT2D eigenvalue weighted by molar-refractivity contribution is 9.10. The van der Waals surface area contributed by atoms with Crippen LogP contribution in [0.4, 0.5) is 11.4 Å². The van der Waals surface area contributed by atoms with E-state index in [9.17, 15) is 14.9 Å².